The van der Waals surface area contributed by atoms with Gasteiger partial charge in [-0.25, -0.2) is 15.0 Å². The van der Waals surface area contributed by atoms with Crippen molar-refractivity contribution in [3.8, 4) is 11.7 Å². The summed E-state index contributed by atoms with van der Waals surface area (Å²) in [6.07, 6.45) is 6.02. The largest absolute Gasteiger partial charge is 0.486 e. The highest BCUT2D eigenvalue weighted by molar-refractivity contribution is 6.35. The van der Waals surface area contributed by atoms with E-state index in [-0.39, 0.29) is 6.61 Å². The van der Waals surface area contributed by atoms with Gasteiger partial charge in [0.25, 0.3) is 5.95 Å². The first-order valence-electron chi connectivity index (χ1n) is 5.97. The Morgan fingerprint density at radius 2 is 1.81 bits per heavy atom. The lowest BCUT2D eigenvalue weighted by molar-refractivity contribution is 0.303. The van der Waals surface area contributed by atoms with Gasteiger partial charge in [0.05, 0.1) is 12.4 Å². The van der Waals surface area contributed by atoms with Crippen molar-refractivity contribution in [3.05, 3.63) is 58.9 Å². The molecule has 3 aromatic rings. The zero-order chi connectivity index (χ0) is 14.7. The molecule has 0 unspecified atom stereocenters. The van der Waals surface area contributed by atoms with Gasteiger partial charge in [-0.15, -0.1) is 0 Å². The Balaban J connectivity index is 1.71. The average Bonchev–Trinajstić information content (AvgIpc) is 3.02. The number of hydrogen-bond donors (Lipinski definition) is 0. The van der Waals surface area contributed by atoms with E-state index in [4.69, 9.17) is 27.9 Å². The van der Waals surface area contributed by atoms with Crippen LogP contribution >= 0.6 is 23.2 Å². The summed E-state index contributed by atoms with van der Waals surface area (Å²) in [7, 11) is 0. The minimum Gasteiger partial charge on any atom is -0.486 e. The summed E-state index contributed by atoms with van der Waals surface area (Å²) in [6, 6.07) is 5.30. The Kier molecular flexibility index (Phi) is 3.98. The summed E-state index contributed by atoms with van der Waals surface area (Å²) in [4.78, 5) is 12.1. The molecule has 0 bridgehead atoms. The van der Waals surface area contributed by atoms with E-state index in [1.165, 1.54) is 17.3 Å². The normalized spacial score (nSPS) is 10.6. The molecule has 3 rings (SSSR count). The van der Waals surface area contributed by atoms with Crippen molar-refractivity contribution < 1.29 is 4.74 Å². The summed E-state index contributed by atoms with van der Waals surface area (Å²) < 4.78 is 7.04. The molecule has 0 spiro atoms. The lowest BCUT2D eigenvalue weighted by Crippen LogP contribution is -2.03. The van der Waals surface area contributed by atoms with Crippen LogP contribution in [0, 0.1) is 0 Å². The molecule has 6 nitrogen and oxygen atoms in total. The molecule has 0 aliphatic rings. The van der Waals surface area contributed by atoms with Crippen LogP contribution in [0.3, 0.4) is 0 Å². The Bertz CT molecular complexity index is 711. The predicted molar refractivity (Wildman–Crippen MR) is 77.7 cm³/mol. The maximum atomic E-state index is 6.07. The molecule has 106 valence electrons. The predicted octanol–water partition coefficient (Wildman–Crippen LogP) is 2.94. The third-order valence-electron chi connectivity index (χ3n) is 2.68. The van der Waals surface area contributed by atoms with Crippen LogP contribution in [0.25, 0.3) is 5.95 Å². The van der Waals surface area contributed by atoms with Crippen molar-refractivity contribution in [2.45, 2.75) is 6.61 Å². The molecule has 0 amide bonds. The fourth-order valence-electron chi connectivity index (χ4n) is 1.64. The third-order valence-corrected chi connectivity index (χ3v) is 3.39. The summed E-state index contributed by atoms with van der Waals surface area (Å²) >= 11 is 12.1. The Labute approximate surface area is 130 Å². The van der Waals surface area contributed by atoms with Crippen molar-refractivity contribution in [1.29, 1.82) is 0 Å². The smallest absolute Gasteiger partial charge is 0.252 e. The highest BCUT2D eigenvalue weighted by Crippen LogP contribution is 2.25. The first kappa shape index (κ1) is 13.8. The van der Waals surface area contributed by atoms with Gasteiger partial charge < -0.3 is 4.74 Å². The van der Waals surface area contributed by atoms with Crippen LogP contribution < -0.4 is 4.74 Å². The van der Waals surface area contributed by atoms with E-state index in [1.807, 2.05) is 0 Å². The van der Waals surface area contributed by atoms with Gasteiger partial charge in [-0.3, -0.25) is 0 Å². The van der Waals surface area contributed by atoms with E-state index in [1.54, 1.807) is 30.6 Å². The Hall–Kier alpha value is -2.18. The number of hydrogen-bond acceptors (Lipinski definition) is 5. The highest BCUT2D eigenvalue weighted by Gasteiger charge is 2.07. The number of nitrogens with zero attached hydrogens (tertiary/aromatic N) is 5. The second-order valence-electron chi connectivity index (χ2n) is 4.05. The third kappa shape index (κ3) is 3.12. The molecule has 0 aliphatic heterocycles. The van der Waals surface area contributed by atoms with Crippen LogP contribution in [0.15, 0.2) is 43.2 Å². The first-order valence-corrected chi connectivity index (χ1v) is 6.72. The maximum absolute atomic E-state index is 6.07. The molecule has 2 heterocycles. The average molecular weight is 322 g/mol. The summed E-state index contributed by atoms with van der Waals surface area (Å²) in [6.45, 7) is 0.241. The van der Waals surface area contributed by atoms with Crippen LogP contribution in [-0.2, 0) is 6.61 Å². The van der Waals surface area contributed by atoms with E-state index in [0.29, 0.717) is 21.7 Å². The molecule has 0 radical (unpaired) electrons. The standard InChI is InChI=1S/C13H9Cl2N5O/c14-11-2-1-3-12(15)10(11)6-21-9-4-17-13(18-5-9)20-8-16-7-19-20/h1-5,7-8H,6H2. The molecule has 8 heteroatoms. The van der Waals surface area contributed by atoms with E-state index >= 15 is 0 Å². The van der Waals surface area contributed by atoms with Gasteiger partial charge in [-0.1, -0.05) is 29.3 Å². The Morgan fingerprint density at radius 1 is 1.10 bits per heavy atom. The van der Waals surface area contributed by atoms with E-state index in [9.17, 15) is 0 Å². The summed E-state index contributed by atoms with van der Waals surface area (Å²) in [5.41, 5.74) is 0.723. The van der Waals surface area contributed by atoms with Gasteiger partial charge in [0.1, 0.15) is 19.3 Å². The number of ether oxygens (including phenoxy) is 1. The molecular weight excluding hydrogens is 313 g/mol. The van der Waals surface area contributed by atoms with Gasteiger partial charge >= 0.3 is 0 Å². The topological polar surface area (TPSA) is 65.7 Å². The molecule has 1 aromatic carbocycles. The molecule has 0 aliphatic carbocycles. The molecule has 0 saturated carbocycles. The lowest BCUT2D eigenvalue weighted by atomic mass is 10.2. The molecule has 0 saturated heterocycles. The van der Waals surface area contributed by atoms with Crippen LogP contribution in [0.2, 0.25) is 10.0 Å². The Morgan fingerprint density at radius 3 is 2.43 bits per heavy atom. The highest BCUT2D eigenvalue weighted by atomic mass is 35.5. The van der Waals surface area contributed by atoms with Crippen molar-refractivity contribution in [2.75, 3.05) is 0 Å². The van der Waals surface area contributed by atoms with Crippen LogP contribution in [0.1, 0.15) is 5.56 Å². The van der Waals surface area contributed by atoms with E-state index in [0.717, 1.165) is 5.56 Å². The van der Waals surface area contributed by atoms with Crippen LogP contribution in [0.4, 0.5) is 0 Å². The van der Waals surface area contributed by atoms with E-state index < -0.39 is 0 Å². The molecule has 21 heavy (non-hydrogen) atoms. The summed E-state index contributed by atoms with van der Waals surface area (Å²) in [5, 5.41) is 5.05. The fraction of sp³-hybridized carbons (Fsp3) is 0.0769. The minimum absolute atomic E-state index is 0.241. The SMILES string of the molecule is Clc1cccc(Cl)c1COc1cnc(-n2cncn2)nc1. The van der Waals surface area contributed by atoms with Gasteiger partial charge in [-0.05, 0) is 12.1 Å². The molecule has 0 fully saturated rings. The van der Waals surface area contributed by atoms with Crippen LogP contribution in [-0.4, -0.2) is 24.7 Å². The van der Waals surface area contributed by atoms with E-state index in [2.05, 4.69) is 20.1 Å². The van der Waals surface area contributed by atoms with Crippen molar-refractivity contribution in [3.63, 3.8) is 0 Å². The fourth-order valence-corrected chi connectivity index (χ4v) is 2.15. The lowest BCUT2D eigenvalue weighted by Gasteiger charge is -2.09. The van der Waals surface area contributed by atoms with Gasteiger partial charge in [0.2, 0.25) is 0 Å². The van der Waals surface area contributed by atoms with Crippen molar-refractivity contribution in [1.82, 2.24) is 24.7 Å². The van der Waals surface area contributed by atoms with Gasteiger partial charge in [0, 0.05) is 15.6 Å². The van der Waals surface area contributed by atoms with Crippen LogP contribution in [0.5, 0.6) is 5.75 Å². The quantitative estimate of drug-likeness (QED) is 0.739. The van der Waals surface area contributed by atoms with Crippen molar-refractivity contribution in [2.24, 2.45) is 0 Å². The number of aromatic nitrogens is 5. The number of halogens is 2. The minimum atomic E-state index is 0.241. The molecule has 0 atom stereocenters. The summed E-state index contributed by atoms with van der Waals surface area (Å²) in [5.74, 6) is 0.922. The zero-order valence-electron chi connectivity index (χ0n) is 10.6. The first-order chi connectivity index (χ1) is 10.2. The molecule has 2 aromatic heterocycles. The monoisotopic (exact) mass is 321 g/mol. The molecule has 0 N–H and O–H groups in total. The molecular formula is C13H9Cl2N5O. The second kappa shape index (κ2) is 6.07. The maximum Gasteiger partial charge on any atom is 0.252 e. The van der Waals surface area contributed by atoms with Gasteiger partial charge in [-0.2, -0.15) is 9.78 Å². The number of rotatable bonds is 4. The number of benzene rings is 1. The van der Waals surface area contributed by atoms with Crippen molar-refractivity contribution >= 4 is 23.2 Å². The zero-order valence-corrected chi connectivity index (χ0v) is 12.2. The second-order valence-corrected chi connectivity index (χ2v) is 4.86. The van der Waals surface area contributed by atoms with Gasteiger partial charge in [0.15, 0.2) is 5.75 Å².